The summed E-state index contributed by atoms with van der Waals surface area (Å²) in [5, 5.41) is 11.3. The summed E-state index contributed by atoms with van der Waals surface area (Å²) < 4.78 is 0. The van der Waals surface area contributed by atoms with E-state index in [9.17, 15) is 0 Å². The predicted molar refractivity (Wildman–Crippen MR) is 39.0 cm³/mol. The van der Waals surface area contributed by atoms with Crippen LogP contribution in [-0.2, 0) is 0 Å². The molecule has 0 radical (unpaired) electrons. The van der Waals surface area contributed by atoms with Crippen LogP contribution in [0.25, 0.3) is 0 Å². The van der Waals surface area contributed by atoms with Crippen molar-refractivity contribution in [2.75, 3.05) is 0 Å². The Morgan fingerprint density at radius 3 is 2.89 bits per heavy atom. The minimum absolute atomic E-state index is 0.367. The van der Waals surface area contributed by atoms with E-state index in [0.29, 0.717) is 17.5 Å². The van der Waals surface area contributed by atoms with Gasteiger partial charge in [-0.05, 0) is 12.8 Å². The van der Waals surface area contributed by atoms with Gasteiger partial charge in [0.25, 0.3) is 0 Å². The fourth-order valence-electron chi connectivity index (χ4n) is 0.578. The Hall–Kier alpha value is -0.620. The Labute approximate surface area is 59.9 Å². The molecule has 48 valence electrons. The second-order valence-electron chi connectivity index (χ2n) is 2.18. The van der Waals surface area contributed by atoms with E-state index in [2.05, 4.69) is 5.32 Å². The molecular weight excluding hydrogens is 132 g/mol. The topological polar surface area (TPSA) is 35.8 Å². The molecule has 0 saturated heterocycles. The molecule has 0 aliphatic heterocycles. The van der Waals surface area contributed by atoms with Crippen molar-refractivity contribution in [1.82, 2.24) is 5.32 Å². The highest BCUT2D eigenvalue weighted by Gasteiger charge is 2.21. The summed E-state index contributed by atoms with van der Waals surface area (Å²) in [5.74, 6) is 0. The highest BCUT2D eigenvalue weighted by Crippen LogP contribution is 2.18. The first kappa shape index (κ1) is 6.50. The van der Waals surface area contributed by atoms with Gasteiger partial charge in [0.15, 0.2) is 0 Å². The van der Waals surface area contributed by atoms with Gasteiger partial charge in [0.2, 0.25) is 0 Å². The lowest BCUT2D eigenvalue weighted by molar-refractivity contribution is 0.910. The lowest BCUT2D eigenvalue weighted by Gasteiger charge is -1.98. The van der Waals surface area contributed by atoms with E-state index >= 15 is 0 Å². The molecule has 0 aromatic heterocycles. The highest BCUT2D eigenvalue weighted by atomic mass is 32.1. The smallest absolute Gasteiger partial charge is 0.0898 e. The number of nitrogens with zero attached hydrogens (tertiary/aromatic N) is 1. The van der Waals surface area contributed by atoms with Crippen molar-refractivity contribution >= 4 is 17.2 Å². The Kier molecular flexibility index (Phi) is 2.01. The Balaban J connectivity index is 2.11. The molecule has 0 aromatic carbocycles. The maximum Gasteiger partial charge on any atom is 0.0898 e. The minimum atomic E-state index is 0.367. The summed E-state index contributed by atoms with van der Waals surface area (Å²) >= 11 is 4.84. The van der Waals surface area contributed by atoms with Gasteiger partial charge >= 0.3 is 0 Å². The SMILES string of the molecule is N#CCC(=S)NC1CC1. The maximum atomic E-state index is 8.19. The van der Waals surface area contributed by atoms with Crippen molar-refractivity contribution in [3.8, 4) is 6.07 Å². The van der Waals surface area contributed by atoms with Gasteiger partial charge in [-0.15, -0.1) is 0 Å². The van der Waals surface area contributed by atoms with E-state index in [4.69, 9.17) is 17.5 Å². The third-order valence-electron chi connectivity index (χ3n) is 1.18. The second kappa shape index (κ2) is 2.79. The predicted octanol–water partition coefficient (Wildman–Crippen LogP) is 0.979. The summed E-state index contributed by atoms with van der Waals surface area (Å²) in [6.45, 7) is 0. The summed E-state index contributed by atoms with van der Waals surface area (Å²) in [4.78, 5) is 0.694. The molecule has 0 amide bonds. The molecule has 3 heteroatoms. The molecule has 0 aromatic rings. The fraction of sp³-hybridized carbons (Fsp3) is 0.667. The quantitative estimate of drug-likeness (QED) is 0.581. The lowest BCUT2D eigenvalue weighted by Crippen LogP contribution is -2.22. The van der Waals surface area contributed by atoms with Crippen LogP contribution in [0, 0.1) is 11.3 Å². The standard InChI is InChI=1S/C6H8N2S/c7-4-3-6(9)8-5-1-2-5/h5H,1-3H2,(H,8,9). The van der Waals surface area contributed by atoms with Crippen LogP contribution in [0.15, 0.2) is 0 Å². The molecule has 1 N–H and O–H groups in total. The molecular formula is C6H8N2S. The van der Waals surface area contributed by atoms with Crippen molar-refractivity contribution in [1.29, 1.82) is 5.26 Å². The van der Waals surface area contributed by atoms with E-state index in [1.165, 1.54) is 12.8 Å². The number of hydrogen-bond acceptors (Lipinski definition) is 2. The summed E-state index contributed by atoms with van der Waals surface area (Å²) in [5.41, 5.74) is 0. The van der Waals surface area contributed by atoms with Gasteiger partial charge in [-0.25, -0.2) is 0 Å². The van der Waals surface area contributed by atoms with Crippen molar-refractivity contribution in [2.45, 2.75) is 25.3 Å². The highest BCUT2D eigenvalue weighted by molar-refractivity contribution is 7.80. The van der Waals surface area contributed by atoms with Gasteiger partial charge in [-0.2, -0.15) is 5.26 Å². The van der Waals surface area contributed by atoms with Gasteiger partial charge in [-0.3, -0.25) is 0 Å². The van der Waals surface area contributed by atoms with Crippen LogP contribution in [0.5, 0.6) is 0 Å². The number of rotatable bonds is 2. The van der Waals surface area contributed by atoms with Crippen LogP contribution < -0.4 is 5.32 Å². The molecule has 0 unspecified atom stereocenters. The van der Waals surface area contributed by atoms with Gasteiger partial charge in [-0.1, -0.05) is 12.2 Å². The van der Waals surface area contributed by atoms with E-state index < -0.39 is 0 Å². The van der Waals surface area contributed by atoms with Crippen LogP contribution in [0.3, 0.4) is 0 Å². The summed E-state index contributed by atoms with van der Waals surface area (Å²) in [6, 6.07) is 2.59. The van der Waals surface area contributed by atoms with Crippen molar-refractivity contribution < 1.29 is 0 Å². The molecule has 1 saturated carbocycles. The molecule has 1 fully saturated rings. The normalized spacial score (nSPS) is 16.3. The third-order valence-corrected chi connectivity index (χ3v) is 1.44. The van der Waals surface area contributed by atoms with Gasteiger partial charge < -0.3 is 5.32 Å². The molecule has 1 rings (SSSR count). The van der Waals surface area contributed by atoms with E-state index in [1.54, 1.807) is 0 Å². The van der Waals surface area contributed by atoms with Gasteiger partial charge in [0.1, 0.15) is 0 Å². The Morgan fingerprint density at radius 2 is 2.44 bits per heavy atom. The third kappa shape index (κ3) is 2.43. The number of nitriles is 1. The van der Waals surface area contributed by atoms with Crippen LogP contribution in [-0.4, -0.2) is 11.0 Å². The molecule has 0 bridgehead atoms. The minimum Gasteiger partial charge on any atom is -0.376 e. The first-order valence-corrected chi connectivity index (χ1v) is 3.40. The zero-order chi connectivity index (χ0) is 6.69. The maximum absolute atomic E-state index is 8.19. The van der Waals surface area contributed by atoms with E-state index in [0.717, 1.165) is 0 Å². The van der Waals surface area contributed by atoms with Crippen LogP contribution >= 0.6 is 12.2 Å². The van der Waals surface area contributed by atoms with Crippen LogP contribution in [0.1, 0.15) is 19.3 Å². The van der Waals surface area contributed by atoms with E-state index in [1.807, 2.05) is 6.07 Å². The average Bonchev–Trinajstić information content (AvgIpc) is 2.50. The largest absolute Gasteiger partial charge is 0.376 e. The van der Waals surface area contributed by atoms with Crippen molar-refractivity contribution in [2.24, 2.45) is 0 Å². The Bertz CT molecular complexity index is 155. The molecule has 1 aliphatic carbocycles. The molecule has 1 aliphatic rings. The number of thiocarbonyl (C=S) groups is 1. The second-order valence-corrected chi connectivity index (χ2v) is 2.67. The molecule has 2 nitrogen and oxygen atoms in total. The number of nitrogens with one attached hydrogen (secondary N) is 1. The summed E-state index contributed by atoms with van der Waals surface area (Å²) in [6.07, 6.45) is 2.79. The van der Waals surface area contributed by atoms with Crippen molar-refractivity contribution in [3.05, 3.63) is 0 Å². The zero-order valence-corrected chi connectivity index (χ0v) is 5.87. The average molecular weight is 140 g/mol. The number of hydrogen-bond donors (Lipinski definition) is 1. The zero-order valence-electron chi connectivity index (χ0n) is 5.05. The Morgan fingerprint density at radius 1 is 1.78 bits per heavy atom. The van der Waals surface area contributed by atoms with Crippen molar-refractivity contribution in [3.63, 3.8) is 0 Å². The van der Waals surface area contributed by atoms with Gasteiger partial charge in [0.05, 0.1) is 17.5 Å². The lowest BCUT2D eigenvalue weighted by atomic mass is 10.4. The van der Waals surface area contributed by atoms with Crippen LogP contribution in [0.2, 0.25) is 0 Å². The first-order valence-electron chi connectivity index (χ1n) is 2.99. The van der Waals surface area contributed by atoms with Crippen LogP contribution in [0.4, 0.5) is 0 Å². The molecule has 9 heavy (non-hydrogen) atoms. The fourth-order valence-corrected chi connectivity index (χ4v) is 0.809. The summed E-state index contributed by atoms with van der Waals surface area (Å²) in [7, 11) is 0. The first-order chi connectivity index (χ1) is 4.33. The van der Waals surface area contributed by atoms with E-state index in [-0.39, 0.29) is 0 Å². The molecule has 0 atom stereocenters. The molecule has 0 spiro atoms. The monoisotopic (exact) mass is 140 g/mol. The molecule has 0 heterocycles. The van der Waals surface area contributed by atoms with Gasteiger partial charge in [0, 0.05) is 6.04 Å².